The number of nitrogens with zero attached hydrogens (tertiary/aromatic N) is 2. The van der Waals surface area contributed by atoms with Gasteiger partial charge in [-0.05, 0) is 18.6 Å². The summed E-state index contributed by atoms with van der Waals surface area (Å²) in [6.07, 6.45) is 1.28. The predicted octanol–water partition coefficient (Wildman–Crippen LogP) is 2.33. The van der Waals surface area contributed by atoms with Crippen molar-refractivity contribution >= 4 is 5.69 Å². The van der Waals surface area contributed by atoms with Crippen LogP contribution in [0.15, 0.2) is 18.2 Å². The molecule has 1 unspecified atom stereocenters. The van der Waals surface area contributed by atoms with Gasteiger partial charge in [0, 0.05) is 19.5 Å². The Morgan fingerprint density at radius 3 is 3.19 bits per heavy atom. The zero-order valence-electron chi connectivity index (χ0n) is 9.11. The van der Waals surface area contributed by atoms with Crippen LogP contribution in [-0.2, 0) is 0 Å². The molecule has 2 rings (SSSR count). The molecule has 16 heavy (non-hydrogen) atoms. The summed E-state index contributed by atoms with van der Waals surface area (Å²) in [6.45, 7) is 0.509. The molecule has 0 radical (unpaired) electrons. The Hall–Kier alpha value is -1.76. The number of anilines is 1. The third-order valence-corrected chi connectivity index (χ3v) is 2.87. The zero-order chi connectivity index (χ0) is 11.5. The molecule has 0 saturated heterocycles. The summed E-state index contributed by atoms with van der Waals surface area (Å²) in [5.74, 6) is 0.290. The lowest BCUT2D eigenvalue weighted by Crippen LogP contribution is -2.40. The molecule has 0 aromatic heterocycles. The molecule has 1 heterocycles. The van der Waals surface area contributed by atoms with E-state index in [1.807, 2.05) is 7.05 Å². The first kappa shape index (κ1) is 10.7. The third-order valence-electron chi connectivity index (χ3n) is 2.87. The van der Waals surface area contributed by atoms with Gasteiger partial charge >= 0.3 is 0 Å². The van der Waals surface area contributed by atoms with E-state index in [2.05, 4.69) is 11.0 Å². The minimum atomic E-state index is -0.289. The first-order valence-corrected chi connectivity index (χ1v) is 5.24. The van der Waals surface area contributed by atoms with E-state index in [1.165, 1.54) is 12.1 Å². The number of hydrogen-bond acceptors (Lipinski definition) is 3. The lowest BCUT2D eigenvalue weighted by atomic mass is 10.1. The van der Waals surface area contributed by atoms with Gasteiger partial charge in [0.05, 0.1) is 17.8 Å². The first-order chi connectivity index (χ1) is 7.72. The Morgan fingerprint density at radius 2 is 2.44 bits per heavy atom. The molecule has 0 amide bonds. The van der Waals surface area contributed by atoms with Crippen LogP contribution in [0.4, 0.5) is 10.1 Å². The van der Waals surface area contributed by atoms with E-state index in [0.717, 1.165) is 12.1 Å². The van der Waals surface area contributed by atoms with Gasteiger partial charge in [-0.3, -0.25) is 0 Å². The summed E-state index contributed by atoms with van der Waals surface area (Å²) >= 11 is 0. The zero-order valence-corrected chi connectivity index (χ0v) is 9.11. The van der Waals surface area contributed by atoms with Gasteiger partial charge < -0.3 is 9.64 Å². The molecule has 0 bridgehead atoms. The Balaban J connectivity index is 2.19. The van der Waals surface area contributed by atoms with Gasteiger partial charge in [-0.25, -0.2) is 4.39 Å². The largest absolute Gasteiger partial charge is 0.489 e. The molecule has 1 atom stereocenters. The standard InChI is InChI=1S/C12H13FN2O/c1-15-10(3-2-6-14)8-16-12-7-9(13)4-5-11(12)15/h4-5,7,10H,2-3,8H2,1H3. The summed E-state index contributed by atoms with van der Waals surface area (Å²) in [7, 11) is 1.95. The number of ether oxygens (including phenoxy) is 1. The molecule has 0 spiro atoms. The Morgan fingerprint density at radius 1 is 1.62 bits per heavy atom. The van der Waals surface area contributed by atoms with Gasteiger partial charge in [0.25, 0.3) is 0 Å². The van der Waals surface area contributed by atoms with Crippen LogP contribution >= 0.6 is 0 Å². The average Bonchev–Trinajstić information content (AvgIpc) is 2.28. The van der Waals surface area contributed by atoms with E-state index in [4.69, 9.17) is 10.00 Å². The van der Waals surface area contributed by atoms with Crippen LogP contribution in [0, 0.1) is 17.1 Å². The maximum Gasteiger partial charge on any atom is 0.145 e. The smallest absolute Gasteiger partial charge is 0.145 e. The van der Waals surface area contributed by atoms with Gasteiger partial charge in [0.15, 0.2) is 0 Å². The van der Waals surface area contributed by atoms with Crippen molar-refractivity contribution in [1.82, 2.24) is 0 Å². The number of nitriles is 1. The highest BCUT2D eigenvalue weighted by molar-refractivity contribution is 5.60. The number of rotatable bonds is 2. The van der Waals surface area contributed by atoms with Crippen molar-refractivity contribution in [2.24, 2.45) is 0 Å². The van der Waals surface area contributed by atoms with Crippen molar-refractivity contribution in [2.45, 2.75) is 18.9 Å². The second-order valence-electron chi connectivity index (χ2n) is 3.88. The molecule has 1 aromatic rings. The summed E-state index contributed by atoms with van der Waals surface area (Å²) < 4.78 is 18.5. The van der Waals surface area contributed by atoms with E-state index < -0.39 is 0 Å². The van der Waals surface area contributed by atoms with E-state index >= 15 is 0 Å². The minimum Gasteiger partial charge on any atom is -0.489 e. The topological polar surface area (TPSA) is 36.3 Å². The molecular formula is C12H13FN2O. The van der Waals surface area contributed by atoms with Gasteiger partial charge in [-0.15, -0.1) is 0 Å². The summed E-state index contributed by atoms with van der Waals surface area (Å²) in [4.78, 5) is 2.05. The van der Waals surface area contributed by atoms with E-state index in [9.17, 15) is 4.39 Å². The van der Waals surface area contributed by atoms with E-state index in [-0.39, 0.29) is 11.9 Å². The van der Waals surface area contributed by atoms with Crippen molar-refractivity contribution in [2.75, 3.05) is 18.6 Å². The maximum atomic E-state index is 13.0. The fourth-order valence-electron chi connectivity index (χ4n) is 1.90. The summed E-state index contributed by atoms with van der Waals surface area (Å²) in [5.41, 5.74) is 0.885. The molecule has 0 N–H and O–H groups in total. The molecule has 0 fully saturated rings. The van der Waals surface area contributed by atoms with Gasteiger partial charge in [0.2, 0.25) is 0 Å². The SMILES string of the molecule is CN1c2ccc(F)cc2OCC1CCC#N. The second-order valence-corrected chi connectivity index (χ2v) is 3.88. The molecular weight excluding hydrogens is 207 g/mol. The minimum absolute atomic E-state index is 0.192. The van der Waals surface area contributed by atoms with E-state index in [1.54, 1.807) is 6.07 Å². The van der Waals surface area contributed by atoms with Crippen molar-refractivity contribution in [3.63, 3.8) is 0 Å². The molecule has 84 valence electrons. The Kier molecular flexibility index (Phi) is 2.95. The van der Waals surface area contributed by atoms with Crippen LogP contribution in [0.2, 0.25) is 0 Å². The number of halogens is 1. The normalized spacial score (nSPS) is 18.6. The fourth-order valence-corrected chi connectivity index (χ4v) is 1.90. The molecule has 4 heteroatoms. The highest BCUT2D eigenvalue weighted by Gasteiger charge is 2.24. The number of likely N-dealkylation sites (N-methyl/N-ethyl adjacent to an activating group) is 1. The summed E-state index contributed by atoms with van der Waals surface area (Å²) in [5, 5.41) is 8.56. The molecule has 1 aromatic carbocycles. The van der Waals surface area contributed by atoms with Crippen LogP contribution < -0.4 is 9.64 Å². The van der Waals surface area contributed by atoms with Crippen LogP contribution in [0.3, 0.4) is 0 Å². The van der Waals surface area contributed by atoms with Gasteiger partial charge in [-0.2, -0.15) is 5.26 Å². The summed E-state index contributed by atoms with van der Waals surface area (Å²) in [6, 6.07) is 6.85. The highest BCUT2D eigenvalue weighted by Crippen LogP contribution is 2.34. The van der Waals surface area contributed by atoms with Gasteiger partial charge in [0.1, 0.15) is 18.2 Å². The molecule has 0 saturated carbocycles. The quantitative estimate of drug-likeness (QED) is 0.767. The molecule has 1 aliphatic heterocycles. The average molecular weight is 220 g/mol. The van der Waals surface area contributed by atoms with Crippen LogP contribution in [0.1, 0.15) is 12.8 Å². The fraction of sp³-hybridized carbons (Fsp3) is 0.417. The monoisotopic (exact) mass is 220 g/mol. The number of benzene rings is 1. The van der Waals surface area contributed by atoms with Crippen molar-refractivity contribution in [3.8, 4) is 11.8 Å². The molecule has 0 aliphatic carbocycles. The van der Waals surface area contributed by atoms with Crippen molar-refractivity contribution in [1.29, 1.82) is 5.26 Å². The van der Waals surface area contributed by atoms with Crippen molar-refractivity contribution < 1.29 is 9.13 Å². The van der Waals surface area contributed by atoms with Gasteiger partial charge in [-0.1, -0.05) is 0 Å². The lowest BCUT2D eigenvalue weighted by molar-refractivity contribution is 0.260. The third kappa shape index (κ3) is 1.94. The highest BCUT2D eigenvalue weighted by atomic mass is 19.1. The van der Waals surface area contributed by atoms with Crippen LogP contribution in [0.25, 0.3) is 0 Å². The number of hydrogen-bond donors (Lipinski definition) is 0. The first-order valence-electron chi connectivity index (χ1n) is 5.24. The number of fused-ring (bicyclic) bond motifs is 1. The second kappa shape index (κ2) is 4.40. The lowest BCUT2D eigenvalue weighted by Gasteiger charge is -2.35. The Labute approximate surface area is 94.0 Å². The molecule has 3 nitrogen and oxygen atoms in total. The van der Waals surface area contributed by atoms with Crippen LogP contribution in [0.5, 0.6) is 5.75 Å². The maximum absolute atomic E-state index is 13.0. The van der Waals surface area contributed by atoms with Crippen molar-refractivity contribution in [3.05, 3.63) is 24.0 Å². The van der Waals surface area contributed by atoms with E-state index in [0.29, 0.717) is 18.8 Å². The Bertz CT molecular complexity index is 428. The molecule has 1 aliphatic rings. The van der Waals surface area contributed by atoms with Crippen LogP contribution in [-0.4, -0.2) is 19.7 Å². The predicted molar refractivity (Wildman–Crippen MR) is 58.9 cm³/mol.